The van der Waals surface area contributed by atoms with E-state index in [1.807, 2.05) is 12.1 Å². The third-order valence-corrected chi connectivity index (χ3v) is 3.53. The van der Waals surface area contributed by atoms with Gasteiger partial charge in [0, 0.05) is 25.9 Å². The second-order valence-electron chi connectivity index (χ2n) is 5.33. The Morgan fingerprint density at radius 2 is 2.45 bits per heavy atom. The molecular weight excluding hydrogens is 252 g/mol. The first-order chi connectivity index (χ1) is 9.69. The zero-order chi connectivity index (χ0) is 14.4. The van der Waals surface area contributed by atoms with Gasteiger partial charge in [-0.05, 0) is 43.5 Å². The van der Waals surface area contributed by atoms with Gasteiger partial charge in [-0.15, -0.1) is 0 Å². The molecule has 0 radical (unpaired) electrons. The van der Waals surface area contributed by atoms with Crippen molar-refractivity contribution in [3.63, 3.8) is 0 Å². The van der Waals surface area contributed by atoms with Crippen molar-refractivity contribution in [2.24, 2.45) is 5.73 Å². The van der Waals surface area contributed by atoms with Crippen LogP contribution >= 0.6 is 0 Å². The standard InChI is InChI=1S/C15H24N4O/c1-2-8-20-13-4-3-7-19(11-13)10-12-5-6-18-14(9-12)15(16)17/h5-6,9,13H,2-4,7-8,10-11H2,1H3,(H3,16,17). The number of hydrogen-bond donors (Lipinski definition) is 2. The van der Waals surface area contributed by atoms with Crippen molar-refractivity contribution in [3.05, 3.63) is 29.6 Å². The molecular formula is C15H24N4O. The smallest absolute Gasteiger partial charge is 0.141 e. The summed E-state index contributed by atoms with van der Waals surface area (Å²) in [5.74, 6) is 0.0228. The van der Waals surface area contributed by atoms with E-state index in [0.717, 1.165) is 44.6 Å². The molecule has 1 unspecified atom stereocenters. The minimum atomic E-state index is 0.0228. The van der Waals surface area contributed by atoms with Gasteiger partial charge in [0.05, 0.1) is 6.10 Å². The summed E-state index contributed by atoms with van der Waals surface area (Å²) in [5.41, 5.74) is 7.19. The van der Waals surface area contributed by atoms with Gasteiger partial charge in [0.25, 0.3) is 0 Å². The van der Waals surface area contributed by atoms with Gasteiger partial charge < -0.3 is 10.5 Å². The van der Waals surface area contributed by atoms with Crippen LogP contribution in [0.15, 0.2) is 18.3 Å². The Hall–Kier alpha value is -1.46. The SMILES string of the molecule is CCCOC1CCCN(Cc2ccnc(C(=N)N)c2)C1. The monoisotopic (exact) mass is 276 g/mol. The van der Waals surface area contributed by atoms with E-state index in [1.165, 1.54) is 6.42 Å². The van der Waals surface area contributed by atoms with Crippen LogP contribution in [0.5, 0.6) is 0 Å². The van der Waals surface area contributed by atoms with Crippen LogP contribution in [0.4, 0.5) is 0 Å². The Balaban J connectivity index is 1.92. The van der Waals surface area contributed by atoms with Crippen molar-refractivity contribution in [2.75, 3.05) is 19.7 Å². The highest BCUT2D eigenvalue weighted by Gasteiger charge is 2.20. The highest BCUT2D eigenvalue weighted by Crippen LogP contribution is 2.16. The molecule has 0 amide bonds. The molecule has 1 aromatic heterocycles. The van der Waals surface area contributed by atoms with Gasteiger partial charge in [0.2, 0.25) is 0 Å². The number of pyridine rings is 1. The molecule has 0 aliphatic carbocycles. The van der Waals surface area contributed by atoms with E-state index in [0.29, 0.717) is 11.8 Å². The van der Waals surface area contributed by atoms with Crippen molar-refractivity contribution in [1.82, 2.24) is 9.88 Å². The summed E-state index contributed by atoms with van der Waals surface area (Å²) in [6, 6.07) is 3.89. The van der Waals surface area contributed by atoms with E-state index >= 15 is 0 Å². The molecule has 1 aliphatic heterocycles. The molecule has 2 rings (SSSR count). The van der Waals surface area contributed by atoms with Crippen molar-refractivity contribution >= 4 is 5.84 Å². The largest absolute Gasteiger partial charge is 0.382 e. The molecule has 5 heteroatoms. The number of nitrogen functional groups attached to an aromatic ring is 1. The van der Waals surface area contributed by atoms with E-state index in [9.17, 15) is 0 Å². The minimum absolute atomic E-state index is 0.0228. The van der Waals surface area contributed by atoms with Crippen molar-refractivity contribution in [2.45, 2.75) is 38.8 Å². The lowest BCUT2D eigenvalue weighted by Gasteiger charge is -2.32. The molecule has 0 aromatic carbocycles. The topological polar surface area (TPSA) is 75.2 Å². The fourth-order valence-electron chi connectivity index (χ4n) is 2.56. The lowest BCUT2D eigenvalue weighted by atomic mass is 10.1. The maximum atomic E-state index is 7.44. The summed E-state index contributed by atoms with van der Waals surface area (Å²) in [6.45, 7) is 5.94. The average Bonchev–Trinajstić information content (AvgIpc) is 2.46. The Kier molecular flexibility index (Phi) is 5.49. The fourth-order valence-corrected chi connectivity index (χ4v) is 2.56. The molecule has 0 spiro atoms. The first-order valence-electron chi connectivity index (χ1n) is 7.32. The van der Waals surface area contributed by atoms with Crippen LogP contribution in [-0.2, 0) is 11.3 Å². The molecule has 110 valence electrons. The van der Waals surface area contributed by atoms with E-state index in [4.69, 9.17) is 15.9 Å². The van der Waals surface area contributed by atoms with Crippen molar-refractivity contribution in [1.29, 1.82) is 5.41 Å². The molecule has 1 aromatic rings. The Bertz CT molecular complexity index is 449. The van der Waals surface area contributed by atoms with E-state index in [1.54, 1.807) is 6.20 Å². The summed E-state index contributed by atoms with van der Waals surface area (Å²) >= 11 is 0. The number of aromatic nitrogens is 1. The lowest BCUT2D eigenvalue weighted by Crippen LogP contribution is -2.39. The quantitative estimate of drug-likeness (QED) is 0.613. The molecule has 1 atom stereocenters. The second kappa shape index (κ2) is 7.36. The number of likely N-dealkylation sites (tertiary alicyclic amines) is 1. The van der Waals surface area contributed by atoms with Crippen LogP contribution < -0.4 is 5.73 Å². The van der Waals surface area contributed by atoms with Gasteiger partial charge in [-0.1, -0.05) is 6.92 Å². The molecule has 1 saturated heterocycles. The van der Waals surface area contributed by atoms with Crippen LogP contribution in [0.2, 0.25) is 0 Å². The van der Waals surface area contributed by atoms with Gasteiger partial charge in [-0.2, -0.15) is 0 Å². The first kappa shape index (κ1) is 14.9. The van der Waals surface area contributed by atoms with Gasteiger partial charge in [0.1, 0.15) is 11.5 Å². The average molecular weight is 276 g/mol. The van der Waals surface area contributed by atoms with Crippen LogP contribution in [0.1, 0.15) is 37.4 Å². The molecule has 0 saturated carbocycles. The van der Waals surface area contributed by atoms with E-state index in [2.05, 4.69) is 16.8 Å². The molecule has 3 N–H and O–H groups in total. The fraction of sp³-hybridized carbons (Fsp3) is 0.600. The summed E-state index contributed by atoms with van der Waals surface area (Å²) in [6.07, 6.45) is 5.49. The predicted molar refractivity (Wildman–Crippen MR) is 79.8 cm³/mol. The summed E-state index contributed by atoms with van der Waals surface area (Å²) < 4.78 is 5.85. The summed E-state index contributed by atoms with van der Waals surface area (Å²) in [7, 11) is 0. The number of hydrogen-bond acceptors (Lipinski definition) is 4. The Labute approximate surface area is 120 Å². The maximum absolute atomic E-state index is 7.44. The Morgan fingerprint density at radius 3 is 3.20 bits per heavy atom. The van der Waals surface area contributed by atoms with Crippen molar-refractivity contribution < 1.29 is 4.74 Å². The number of piperidine rings is 1. The number of nitrogens with zero attached hydrogens (tertiary/aromatic N) is 2. The predicted octanol–water partition coefficient (Wildman–Crippen LogP) is 1.76. The van der Waals surface area contributed by atoms with Crippen LogP contribution in [0.3, 0.4) is 0 Å². The number of nitrogens with two attached hydrogens (primary N) is 1. The Morgan fingerprint density at radius 1 is 1.60 bits per heavy atom. The maximum Gasteiger partial charge on any atom is 0.141 e. The second-order valence-corrected chi connectivity index (χ2v) is 5.33. The first-order valence-corrected chi connectivity index (χ1v) is 7.32. The number of rotatable bonds is 6. The van der Waals surface area contributed by atoms with Crippen molar-refractivity contribution in [3.8, 4) is 0 Å². The molecule has 1 aliphatic rings. The van der Waals surface area contributed by atoms with Crippen LogP contribution in [0, 0.1) is 5.41 Å². The third kappa shape index (κ3) is 4.28. The number of ether oxygens (including phenoxy) is 1. The highest BCUT2D eigenvalue weighted by molar-refractivity contribution is 5.93. The van der Waals surface area contributed by atoms with E-state index < -0.39 is 0 Å². The van der Waals surface area contributed by atoms with Crippen LogP contribution in [-0.4, -0.2) is 41.5 Å². The summed E-state index contributed by atoms with van der Waals surface area (Å²) in [4.78, 5) is 6.50. The molecule has 20 heavy (non-hydrogen) atoms. The van der Waals surface area contributed by atoms with Gasteiger partial charge in [-0.25, -0.2) is 0 Å². The number of nitrogens with one attached hydrogen (secondary N) is 1. The minimum Gasteiger partial charge on any atom is -0.382 e. The lowest BCUT2D eigenvalue weighted by molar-refractivity contribution is -0.00223. The van der Waals surface area contributed by atoms with Gasteiger partial charge in [0.15, 0.2) is 0 Å². The molecule has 5 nitrogen and oxygen atoms in total. The normalized spacial score (nSPS) is 19.9. The molecule has 0 bridgehead atoms. The number of amidine groups is 1. The third-order valence-electron chi connectivity index (χ3n) is 3.53. The zero-order valence-corrected chi connectivity index (χ0v) is 12.1. The molecule has 1 fully saturated rings. The van der Waals surface area contributed by atoms with E-state index in [-0.39, 0.29) is 5.84 Å². The van der Waals surface area contributed by atoms with Crippen LogP contribution in [0.25, 0.3) is 0 Å². The molecule has 2 heterocycles. The summed E-state index contributed by atoms with van der Waals surface area (Å²) in [5, 5.41) is 7.44. The zero-order valence-electron chi connectivity index (χ0n) is 12.1. The van der Waals surface area contributed by atoms with Gasteiger partial charge >= 0.3 is 0 Å². The highest BCUT2D eigenvalue weighted by atomic mass is 16.5. The van der Waals surface area contributed by atoms with Gasteiger partial charge in [-0.3, -0.25) is 15.3 Å².